The zero-order chi connectivity index (χ0) is 9.14. The van der Waals surface area contributed by atoms with Gasteiger partial charge in [0.15, 0.2) is 0 Å². The molecule has 0 saturated carbocycles. The molecule has 0 heterocycles. The van der Waals surface area contributed by atoms with Gasteiger partial charge < -0.3 is 5.11 Å². The third-order valence-corrected chi connectivity index (χ3v) is 2.51. The standard InChI is InChI=1S/C8H8BrFO2/c9-6-2-1-3-7(10)5(6)4-8(11)12/h3H,1-2,4H2,(H,11,12). The second-order valence-corrected chi connectivity index (χ2v) is 3.50. The quantitative estimate of drug-likeness (QED) is 0.798. The van der Waals surface area contributed by atoms with Crippen molar-refractivity contribution in [3.8, 4) is 0 Å². The molecule has 1 aliphatic carbocycles. The van der Waals surface area contributed by atoms with Crippen LogP contribution in [0.15, 0.2) is 22.0 Å². The predicted octanol–water partition coefficient (Wildman–Crippen LogP) is 2.76. The fourth-order valence-corrected chi connectivity index (χ4v) is 1.62. The van der Waals surface area contributed by atoms with E-state index in [0.29, 0.717) is 17.3 Å². The van der Waals surface area contributed by atoms with Crippen LogP contribution in [-0.4, -0.2) is 11.1 Å². The van der Waals surface area contributed by atoms with Crippen LogP contribution in [0.4, 0.5) is 4.39 Å². The monoisotopic (exact) mass is 234 g/mol. The number of carboxylic acid groups (broad SMARTS) is 1. The number of hydrogen-bond acceptors (Lipinski definition) is 1. The van der Waals surface area contributed by atoms with Crippen LogP contribution in [0.25, 0.3) is 0 Å². The van der Waals surface area contributed by atoms with Crippen LogP contribution in [0.2, 0.25) is 0 Å². The lowest BCUT2D eigenvalue weighted by Crippen LogP contribution is -2.02. The second-order valence-electron chi connectivity index (χ2n) is 2.54. The first-order valence-corrected chi connectivity index (χ1v) is 4.36. The summed E-state index contributed by atoms with van der Waals surface area (Å²) in [6.45, 7) is 0. The number of carboxylic acids is 1. The maximum atomic E-state index is 13.0. The smallest absolute Gasteiger partial charge is 0.307 e. The number of hydrogen-bond donors (Lipinski definition) is 1. The Morgan fingerprint density at radius 3 is 2.92 bits per heavy atom. The van der Waals surface area contributed by atoms with Crippen molar-refractivity contribution in [3.05, 3.63) is 22.0 Å². The molecule has 1 rings (SSSR count). The van der Waals surface area contributed by atoms with Gasteiger partial charge in [0.25, 0.3) is 0 Å². The van der Waals surface area contributed by atoms with E-state index in [1.807, 2.05) is 0 Å². The molecule has 2 nitrogen and oxygen atoms in total. The Morgan fingerprint density at radius 2 is 2.42 bits per heavy atom. The summed E-state index contributed by atoms with van der Waals surface area (Å²) in [5.41, 5.74) is 0.272. The van der Waals surface area contributed by atoms with Crippen LogP contribution in [0.5, 0.6) is 0 Å². The Kier molecular flexibility index (Phi) is 3.03. The minimum absolute atomic E-state index is 0.247. The summed E-state index contributed by atoms with van der Waals surface area (Å²) in [5, 5.41) is 8.45. The molecule has 0 fully saturated rings. The number of rotatable bonds is 2. The zero-order valence-corrected chi connectivity index (χ0v) is 7.90. The van der Waals surface area contributed by atoms with E-state index < -0.39 is 11.8 Å². The van der Waals surface area contributed by atoms with E-state index in [0.717, 1.165) is 0 Å². The molecule has 66 valence electrons. The average molecular weight is 235 g/mol. The topological polar surface area (TPSA) is 37.3 Å². The summed E-state index contributed by atoms with van der Waals surface area (Å²) in [6, 6.07) is 0. The molecule has 1 N–H and O–H groups in total. The van der Waals surface area contributed by atoms with Gasteiger partial charge in [0.2, 0.25) is 0 Å². The van der Waals surface area contributed by atoms with E-state index in [-0.39, 0.29) is 12.0 Å². The van der Waals surface area contributed by atoms with Crippen LogP contribution >= 0.6 is 15.9 Å². The minimum atomic E-state index is -1.01. The summed E-state index contributed by atoms with van der Waals surface area (Å²) in [5.74, 6) is -1.41. The summed E-state index contributed by atoms with van der Waals surface area (Å²) < 4.78 is 13.6. The van der Waals surface area contributed by atoms with Crippen LogP contribution in [0.3, 0.4) is 0 Å². The highest BCUT2D eigenvalue weighted by atomic mass is 79.9. The molecule has 0 spiro atoms. The molecule has 0 aromatic rings. The predicted molar refractivity (Wildman–Crippen MR) is 46.6 cm³/mol. The first-order valence-electron chi connectivity index (χ1n) is 3.56. The lowest BCUT2D eigenvalue weighted by molar-refractivity contribution is -0.136. The molecule has 4 heteroatoms. The SMILES string of the molecule is O=C(O)CC1=C(Br)CCC=C1F. The van der Waals surface area contributed by atoms with Gasteiger partial charge in [0, 0.05) is 10.1 Å². The number of carbonyl (C=O) groups is 1. The van der Waals surface area contributed by atoms with Crippen molar-refractivity contribution in [2.75, 3.05) is 0 Å². The van der Waals surface area contributed by atoms with Crippen molar-refractivity contribution in [3.63, 3.8) is 0 Å². The van der Waals surface area contributed by atoms with Crippen molar-refractivity contribution in [1.82, 2.24) is 0 Å². The van der Waals surface area contributed by atoms with Gasteiger partial charge in [-0.25, -0.2) is 4.39 Å². The van der Waals surface area contributed by atoms with Crippen molar-refractivity contribution >= 4 is 21.9 Å². The molecule has 0 aromatic heterocycles. The first kappa shape index (κ1) is 9.45. The minimum Gasteiger partial charge on any atom is -0.481 e. The fourth-order valence-electron chi connectivity index (χ4n) is 1.06. The van der Waals surface area contributed by atoms with E-state index in [1.165, 1.54) is 6.08 Å². The van der Waals surface area contributed by atoms with Gasteiger partial charge in [-0.15, -0.1) is 0 Å². The molecule has 0 unspecified atom stereocenters. The van der Waals surface area contributed by atoms with Crippen LogP contribution < -0.4 is 0 Å². The van der Waals surface area contributed by atoms with Gasteiger partial charge in [0.05, 0.1) is 6.42 Å². The van der Waals surface area contributed by atoms with Crippen molar-refractivity contribution in [2.24, 2.45) is 0 Å². The van der Waals surface area contributed by atoms with Crippen molar-refractivity contribution < 1.29 is 14.3 Å². The maximum Gasteiger partial charge on any atom is 0.307 e. The Hall–Kier alpha value is -0.640. The Labute approximate surface area is 77.9 Å². The van der Waals surface area contributed by atoms with E-state index in [2.05, 4.69) is 15.9 Å². The first-order chi connectivity index (χ1) is 5.61. The van der Waals surface area contributed by atoms with Crippen LogP contribution in [0.1, 0.15) is 19.3 Å². The van der Waals surface area contributed by atoms with Gasteiger partial charge in [-0.05, 0) is 18.9 Å². The molecular formula is C8H8BrFO2. The summed E-state index contributed by atoms with van der Waals surface area (Å²) in [7, 11) is 0. The Bertz CT molecular complexity index is 268. The molecule has 0 radical (unpaired) electrons. The van der Waals surface area contributed by atoms with E-state index in [1.54, 1.807) is 0 Å². The lowest BCUT2D eigenvalue weighted by atomic mass is 10.0. The van der Waals surface area contributed by atoms with Gasteiger partial charge in [-0.1, -0.05) is 15.9 Å². The van der Waals surface area contributed by atoms with E-state index in [4.69, 9.17) is 5.11 Å². The molecule has 1 aliphatic rings. The normalized spacial score (nSPS) is 17.7. The average Bonchev–Trinajstić information content (AvgIpc) is 1.97. The number of aliphatic carboxylic acids is 1. The highest BCUT2D eigenvalue weighted by Gasteiger charge is 2.16. The van der Waals surface area contributed by atoms with Crippen molar-refractivity contribution in [2.45, 2.75) is 19.3 Å². The molecule has 0 amide bonds. The lowest BCUT2D eigenvalue weighted by Gasteiger charge is -2.11. The second kappa shape index (κ2) is 3.85. The summed E-state index contributed by atoms with van der Waals surface area (Å²) in [4.78, 5) is 10.3. The third-order valence-electron chi connectivity index (χ3n) is 1.63. The molecule has 0 aromatic carbocycles. The third kappa shape index (κ3) is 2.17. The molecular weight excluding hydrogens is 227 g/mol. The fraction of sp³-hybridized carbons (Fsp3) is 0.375. The maximum absolute atomic E-state index is 13.0. The van der Waals surface area contributed by atoms with Gasteiger partial charge in [-0.3, -0.25) is 4.79 Å². The Morgan fingerprint density at radius 1 is 1.75 bits per heavy atom. The molecule has 0 aliphatic heterocycles. The van der Waals surface area contributed by atoms with Crippen molar-refractivity contribution in [1.29, 1.82) is 0 Å². The van der Waals surface area contributed by atoms with Crippen LogP contribution in [0, 0.1) is 0 Å². The molecule has 0 saturated heterocycles. The Balaban J connectivity index is 2.83. The van der Waals surface area contributed by atoms with Gasteiger partial charge in [-0.2, -0.15) is 0 Å². The highest BCUT2D eigenvalue weighted by Crippen LogP contribution is 2.31. The summed E-state index contributed by atoms with van der Waals surface area (Å²) in [6.07, 6.45) is 2.50. The molecule has 0 bridgehead atoms. The zero-order valence-electron chi connectivity index (χ0n) is 6.31. The van der Waals surface area contributed by atoms with Gasteiger partial charge >= 0.3 is 5.97 Å². The molecule has 0 atom stereocenters. The number of halogens is 2. The summed E-state index contributed by atoms with van der Waals surface area (Å²) >= 11 is 3.16. The number of allylic oxidation sites excluding steroid dienone is 3. The van der Waals surface area contributed by atoms with E-state index in [9.17, 15) is 9.18 Å². The van der Waals surface area contributed by atoms with E-state index >= 15 is 0 Å². The van der Waals surface area contributed by atoms with Gasteiger partial charge in [0.1, 0.15) is 5.83 Å². The molecule has 12 heavy (non-hydrogen) atoms. The highest BCUT2D eigenvalue weighted by molar-refractivity contribution is 9.11. The van der Waals surface area contributed by atoms with Crippen LogP contribution in [-0.2, 0) is 4.79 Å². The largest absolute Gasteiger partial charge is 0.481 e.